The predicted molar refractivity (Wildman–Crippen MR) is 79.9 cm³/mol. The maximum Gasteiger partial charge on any atom is 0.416 e. The van der Waals surface area contributed by atoms with Gasteiger partial charge in [0, 0.05) is 18.5 Å². The number of amides is 2. The van der Waals surface area contributed by atoms with Crippen LogP contribution in [0, 0.1) is 0 Å². The second-order valence-electron chi connectivity index (χ2n) is 4.98. The lowest BCUT2D eigenvalue weighted by Crippen LogP contribution is -2.24. The highest BCUT2D eigenvalue weighted by Crippen LogP contribution is 2.30. The van der Waals surface area contributed by atoms with E-state index in [2.05, 4.69) is 10.6 Å². The minimum absolute atomic E-state index is 0.0332. The fourth-order valence-corrected chi connectivity index (χ4v) is 1.91. The van der Waals surface area contributed by atoms with Gasteiger partial charge in [0.25, 0.3) is 0 Å². The zero-order valence-electron chi connectivity index (χ0n) is 12.5. The molecule has 1 aromatic carbocycles. The zero-order valence-corrected chi connectivity index (χ0v) is 12.5. The van der Waals surface area contributed by atoms with E-state index in [1.165, 1.54) is 18.4 Å². The first-order valence-electron chi connectivity index (χ1n) is 7.11. The lowest BCUT2D eigenvalue weighted by Gasteiger charge is -2.10. The summed E-state index contributed by atoms with van der Waals surface area (Å²) in [7, 11) is 0. The van der Waals surface area contributed by atoms with Gasteiger partial charge in [0.05, 0.1) is 18.4 Å². The lowest BCUT2D eigenvalue weighted by molar-refractivity contribution is -0.137. The summed E-state index contributed by atoms with van der Waals surface area (Å²) in [5, 5.41) is 4.91. The number of furan rings is 1. The normalized spacial score (nSPS) is 11.1. The number of benzene rings is 1. The molecule has 2 N–H and O–H groups in total. The molecule has 1 aromatic heterocycles. The molecule has 128 valence electrons. The number of hydrogen-bond acceptors (Lipinski definition) is 3. The van der Waals surface area contributed by atoms with Gasteiger partial charge in [0.2, 0.25) is 11.8 Å². The smallest absolute Gasteiger partial charge is 0.416 e. The summed E-state index contributed by atoms with van der Waals surface area (Å²) in [6.07, 6.45) is -3.22. The Labute approximate surface area is 135 Å². The third-order valence-corrected chi connectivity index (χ3v) is 3.09. The van der Waals surface area contributed by atoms with Crippen LogP contribution < -0.4 is 10.6 Å². The maximum atomic E-state index is 12.6. The van der Waals surface area contributed by atoms with E-state index in [-0.39, 0.29) is 31.0 Å². The molecule has 5 nitrogen and oxygen atoms in total. The number of hydrogen-bond donors (Lipinski definition) is 2. The van der Waals surface area contributed by atoms with Gasteiger partial charge in [-0.1, -0.05) is 6.07 Å². The summed E-state index contributed by atoms with van der Waals surface area (Å²) in [5.74, 6) is -0.315. The molecule has 0 aliphatic rings. The van der Waals surface area contributed by atoms with Gasteiger partial charge in [-0.05, 0) is 30.3 Å². The molecule has 0 aliphatic carbocycles. The number of halogens is 3. The Kier molecular flexibility index (Phi) is 5.62. The second-order valence-corrected chi connectivity index (χ2v) is 4.98. The van der Waals surface area contributed by atoms with Crippen molar-refractivity contribution in [1.29, 1.82) is 0 Å². The van der Waals surface area contributed by atoms with Crippen molar-refractivity contribution in [3.63, 3.8) is 0 Å². The first kappa shape index (κ1) is 17.6. The van der Waals surface area contributed by atoms with Crippen molar-refractivity contribution >= 4 is 17.5 Å². The largest absolute Gasteiger partial charge is 0.467 e. The quantitative estimate of drug-likeness (QED) is 0.847. The van der Waals surface area contributed by atoms with Crippen LogP contribution in [0.1, 0.15) is 24.2 Å². The molecule has 2 amide bonds. The molecular weight excluding hydrogens is 325 g/mol. The summed E-state index contributed by atoms with van der Waals surface area (Å²) in [4.78, 5) is 23.3. The Morgan fingerprint density at radius 3 is 2.46 bits per heavy atom. The van der Waals surface area contributed by atoms with Crippen LogP contribution in [-0.2, 0) is 22.3 Å². The number of carbonyl (C=O) groups excluding carboxylic acids is 2. The van der Waals surface area contributed by atoms with E-state index in [9.17, 15) is 22.8 Å². The van der Waals surface area contributed by atoms with Crippen molar-refractivity contribution in [2.75, 3.05) is 5.32 Å². The fraction of sp³-hybridized carbons (Fsp3) is 0.250. The molecule has 2 rings (SSSR count). The van der Waals surface area contributed by atoms with Crippen molar-refractivity contribution in [3.8, 4) is 0 Å². The number of anilines is 1. The summed E-state index contributed by atoms with van der Waals surface area (Å²) in [6.45, 7) is 0.209. The third-order valence-electron chi connectivity index (χ3n) is 3.09. The topological polar surface area (TPSA) is 71.3 Å². The summed E-state index contributed by atoms with van der Waals surface area (Å²) < 4.78 is 42.8. The fourth-order valence-electron chi connectivity index (χ4n) is 1.91. The number of rotatable bonds is 6. The number of nitrogens with one attached hydrogen (secondary N) is 2. The van der Waals surface area contributed by atoms with Gasteiger partial charge in [0.15, 0.2) is 0 Å². The molecule has 8 heteroatoms. The summed E-state index contributed by atoms with van der Waals surface area (Å²) >= 11 is 0. The molecule has 0 radical (unpaired) electrons. The van der Waals surface area contributed by atoms with E-state index < -0.39 is 17.6 Å². The van der Waals surface area contributed by atoms with E-state index in [1.807, 2.05) is 0 Å². The third kappa shape index (κ3) is 5.45. The first-order chi connectivity index (χ1) is 11.3. The Balaban J connectivity index is 1.78. The predicted octanol–water partition coefficient (Wildman–Crippen LogP) is 3.33. The molecule has 1 heterocycles. The van der Waals surface area contributed by atoms with Crippen molar-refractivity contribution in [2.45, 2.75) is 25.6 Å². The van der Waals surface area contributed by atoms with Crippen LogP contribution in [-0.4, -0.2) is 11.8 Å². The average molecular weight is 340 g/mol. The molecule has 0 aliphatic heterocycles. The Morgan fingerprint density at radius 1 is 1.04 bits per heavy atom. The molecule has 0 unspecified atom stereocenters. The maximum absolute atomic E-state index is 12.6. The van der Waals surface area contributed by atoms with Gasteiger partial charge in [-0.25, -0.2) is 0 Å². The molecular formula is C16H15F3N2O3. The summed E-state index contributed by atoms with van der Waals surface area (Å²) in [6, 6.07) is 7.69. The van der Waals surface area contributed by atoms with Crippen LogP contribution in [0.25, 0.3) is 0 Å². The van der Waals surface area contributed by atoms with Gasteiger partial charge < -0.3 is 15.1 Å². The molecule has 0 spiro atoms. The van der Waals surface area contributed by atoms with Crippen LogP contribution in [0.2, 0.25) is 0 Å². The second kappa shape index (κ2) is 7.67. The van der Waals surface area contributed by atoms with E-state index in [0.717, 1.165) is 12.1 Å². The van der Waals surface area contributed by atoms with E-state index in [0.29, 0.717) is 5.76 Å². The van der Waals surface area contributed by atoms with Gasteiger partial charge in [-0.3, -0.25) is 9.59 Å². The Morgan fingerprint density at radius 2 is 1.79 bits per heavy atom. The van der Waals surface area contributed by atoms with Crippen molar-refractivity contribution in [3.05, 3.63) is 54.0 Å². The van der Waals surface area contributed by atoms with Gasteiger partial charge in [-0.2, -0.15) is 13.2 Å². The Bertz CT molecular complexity index is 697. The minimum Gasteiger partial charge on any atom is -0.467 e. The van der Waals surface area contributed by atoms with E-state index in [4.69, 9.17) is 4.42 Å². The lowest BCUT2D eigenvalue weighted by atomic mass is 10.2. The van der Waals surface area contributed by atoms with E-state index >= 15 is 0 Å². The highest BCUT2D eigenvalue weighted by atomic mass is 19.4. The number of carbonyl (C=O) groups is 2. The van der Waals surface area contributed by atoms with Crippen LogP contribution in [0.5, 0.6) is 0 Å². The molecule has 0 bridgehead atoms. The molecule has 2 aromatic rings. The van der Waals surface area contributed by atoms with Gasteiger partial charge >= 0.3 is 6.18 Å². The SMILES string of the molecule is O=C(CCC(=O)Nc1cccc(C(F)(F)F)c1)NCc1ccco1. The molecule has 24 heavy (non-hydrogen) atoms. The number of alkyl halides is 3. The van der Waals surface area contributed by atoms with E-state index in [1.54, 1.807) is 12.1 Å². The van der Waals surface area contributed by atoms with Crippen molar-refractivity contribution in [1.82, 2.24) is 5.32 Å². The molecule has 0 atom stereocenters. The highest BCUT2D eigenvalue weighted by Gasteiger charge is 2.30. The standard InChI is InChI=1S/C16H15F3N2O3/c17-16(18,19)11-3-1-4-12(9-11)21-15(23)7-6-14(22)20-10-13-5-2-8-24-13/h1-5,8-9H,6-7,10H2,(H,20,22)(H,21,23). The van der Waals surface area contributed by atoms with Crippen LogP contribution in [0.3, 0.4) is 0 Å². The monoisotopic (exact) mass is 340 g/mol. The van der Waals surface area contributed by atoms with Crippen molar-refractivity contribution < 1.29 is 27.2 Å². The van der Waals surface area contributed by atoms with Crippen molar-refractivity contribution in [2.24, 2.45) is 0 Å². The summed E-state index contributed by atoms with van der Waals surface area (Å²) in [5.41, 5.74) is -0.817. The minimum atomic E-state index is -4.48. The molecule has 0 saturated carbocycles. The zero-order chi connectivity index (χ0) is 17.6. The van der Waals surface area contributed by atoms with Gasteiger partial charge in [0.1, 0.15) is 5.76 Å². The highest BCUT2D eigenvalue weighted by molar-refractivity contribution is 5.93. The van der Waals surface area contributed by atoms with Crippen LogP contribution in [0.4, 0.5) is 18.9 Å². The van der Waals surface area contributed by atoms with Crippen LogP contribution >= 0.6 is 0 Å². The average Bonchev–Trinajstić information content (AvgIpc) is 3.04. The first-order valence-corrected chi connectivity index (χ1v) is 7.11. The van der Waals surface area contributed by atoms with Gasteiger partial charge in [-0.15, -0.1) is 0 Å². The van der Waals surface area contributed by atoms with Crippen LogP contribution in [0.15, 0.2) is 47.1 Å². The Hall–Kier alpha value is -2.77. The molecule has 0 saturated heterocycles. The molecule has 0 fully saturated rings.